The zero-order chi connectivity index (χ0) is 53.1. The Labute approximate surface area is 413 Å². The normalized spacial score (nSPS) is 10.3. The van der Waals surface area contributed by atoms with Crippen LogP contribution in [0.1, 0.15) is 30.0 Å². The third-order valence-electron chi connectivity index (χ3n) is 9.88. The van der Waals surface area contributed by atoms with Crippen LogP contribution in [-0.2, 0) is 57.0 Å². The molecule has 3 aromatic carbocycles. The number of ether oxygens (including phenoxy) is 9. The molecule has 24 nitrogen and oxygen atoms in total. The number of nitrogens with one attached hydrogen (secondary N) is 6. The molecule has 72 heavy (non-hydrogen) atoms. The van der Waals surface area contributed by atoms with Gasteiger partial charge in [0.1, 0.15) is 59.5 Å². The second kappa shape index (κ2) is 29.7. The van der Waals surface area contributed by atoms with Gasteiger partial charge >= 0.3 is 54.5 Å². The Hall–Kier alpha value is -9.09. The van der Waals surface area contributed by atoms with E-state index in [-0.39, 0.29) is 80.2 Å². The second-order valence-corrected chi connectivity index (χ2v) is 14.8. The molecular formula is C48H56N6O18. The first-order valence-corrected chi connectivity index (χ1v) is 21.7. The Morgan fingerprint density at radius 1 is 0.389 bits per heavy atom. The van der Waals surface area contributed by atoms with Crippen LogP contribution in [0.5, 0.6) is 0 Å². The van der Waals surface area contributed by atoms with Crippen molar-refractivity contribution in [2.75, 3.05) is 91.4 Å². The summed E-state index contributed by atoms with van der Waals surface area (Å²) in [6.45, 7) is 13.6. The first-order chi connectivity index (χ1) is 34.4. The Bertz CT molecular complexity index is 2210. The summed E-state index contributed by atoms with van der Waals surface area (Å²) < 4.78 is 46.3. The predicted molar refractivity (Wildman–Crippen MR) is 260 cm³/mol. The van der Waals surface area contributed by atoms with Crippen LogP contribution in [0.2, 0.25) is 0 Å². The quantitative estimate of drug-likeness (QED) is 0.0203. The van der Waals surface area contributed by atoms with Crippen LogP contribution < -0.4 is 31.9 Å². The minimum atomic E-state index is -1.38. The SMILES string of the molecule is C=CC(=O)OCCOC(=O)Nc1cccc(NC(=O)OCC(CC)(COC(=O)Nc2cccc(NC(=O)OCCOC(=O)C=C)c2C)COC(=O)Nc2cccc(NC(=O)OCCOC(=O)C=C)c2C)c1C. The van der Waals surface area contributed by atoms with E-state index in [1.54, 1.807) is 45.9 Å². The number of rotatable bonds is 25. The second-order valence-electron chi connectivity index (χ2n) is 14.8. The minimum absolute atomic E-state index is 0.106. The van der Waals surface area contributed by atoms with Gasteiger partial charge < -0.3 is 42.6 Å². The van der Waals surface area contributed by atoms with Crippen molar-refractivity contribution in [2.24, 2.45) is 5.41 Å². The number of hydrogen-bond acceptors (Lipinski definition) is 18. The van der Waals surface area contributed by atoms with Gasteiger partial charge in [-0.05, 0) is 80.3 Å². The van der Waals surface area contributed by atoms with Gasteiger partial charge in [0, 0.05) is 52.4 Å². The summed E-state index contributed by atoms with van der Waals surface area (Å²) in [5, 5.41) is 15.4. The van der Waals surface area contributed by atoms with Crippen molar-refractivity contribution in [2.45, 2.75) is 34.1 Å². The van der Waals surface area contributed by atoms with E-state index in [1.165, 1.54) is 36.4 Å². The monoisotopic (exact) mass is 1000 g/mol. The molecule has 0 fully saturated rings. The van der Waals surface area contributed by atoms with Gasteiger partial charge in [0.2, 0.25) is 0 Å². The molecule has 3 aromatic rings. The maximum Gasteiger partial charge on any atom is 0.411 e. The molecule has 0 radical (unpaired) electrons. The predicted octanol–water partition coefficient (Wildman–Crippen LogP) is 7.89. The average molecular weight is 1000 g/mol. The number of anilines is 6. The molecule has 0 aliphatic heterocycles. The van der Waals surface area contributed by atoms with Crippen LogP contribution in [0.15, 0.2) is 92.6 Å². The molecule has 0 bridgehead atoms. The number of carbonyl (C=O) groups excluding carboxylic acids is 9. The molecule has 0 heterocycles. The first kappa shape index (κ1) is 57.2. The van der Waals surface area contributed by atoms with Crippen LogP contribution >= 0.6 is 0 Å². The molecule has 6 N–H and O–H groups in total. The molecule has 0 unspecified atom stereocenters. The lowest BCUT2D eigenvalue weighted by molar-refractivity contribution is -0.139. The van der Waals surface area contributed by atoms with E-state index < -0.39 is 79.7 Å². The molecule has 3 rings (SSSR count). The summed E-state index contributed by atoms with van der Waals surface area (Å²) in [7, 11) is 0. The molecule has 0 saturated carbocycles. The van der Waals surface area contributed by atoms with E-state index in [2.05, 4.69) is 51.6 Å². The van der Waals surface area contributed by atoms with Crippen molar-refractivity contribution < 1.29 is 85.8 Å². The topological polar surface area (TPSA) is 309 Å². The van der Waals surface area contributed by atoms with Crippen molar-refractivity contribution in [3.63, 3.8) is 0 Å². The maximum atomic E-state index is 13.3. The molecule has 0 aliphatic carbocycles. The average Bonchev–Trinajstić information content (AvgIpc) is 3.36. The molecule has 0 aliphatic rings. The largest absolute Gasteiger partial charge is 0.459 e. The maximum absolute atomic E-state index is 13.3. The number of carbonyl (C=O) groups is 9. The van der Waals surface area contributed by atoms with Gasteiger partial charge in [0.25, 0.3) is 0 Å². The molecule has 0 atom stereocenters. The summed E-state index contributed by atoms with van der Waals surface area (Å²) in [5.41, 5.74) is 1.33. The fourth-order valence-corrected chi connectivity index (χ4v) is 5.69. The van der Waals surface area contributed by atoms with Gasteiger partial charge in [0.15, 0.2) is 0 Å². The molecule has 0 aromatic heterocycles. The summed E-state index contributed by atoms with van der Waals surface area (Å²) in [6.07, 6.45) is -2.51. The van der Waals surface area contributed by atoms with Crippen LogP contribution in [0, 0.1) is 26.2 Å². The minimum Gasteiger partial charge on any atom is -0.459 e. The lowest BCUT2D eigenvalue weighted by atomic mass is 9.88. The lowest BCUT2D eigenvalue weighted by Crippen LogP contribution is -2.40. The smallest absolute Gasteiger partial charge is 0.411 e. The van der Waals surface area contributed by atoms with Crippen molar-refractivity contribution in [1.29, 1.82) is 0 Å². The van der Waals surface area contributed by atoms with Gasteiger partial charge in [-0.3, -0.25) is 31.9 Å². The van der Waals surface area contributed by atoms with Crippen LogP contribution in [0.4, 0.5) is 62.9 Å². The molecule has 24 heteroatoms. The Morgan fingerprint density at radius 3 is 0.806 bits per heavy atom. The Kier molecular flexibility index (Phi) is 23.6. The van der Waals surface area contributed by atoms with E-state index in [4.69, 9.17) is 42.6 Å². The first-order valence-electron chi connectivity index (χ1n) is 21.7. The zero-order valence-corrected chi connectivity index (χ0v) is 40.0. The van der Waals surface area contributed by atoms with Gasteiger partial charge in [0.05, 0.1) is 5.41 Å². The Morgan fingerprint density at radius 2 is 0.597 bits per heavy atom. The third-order valence-corrected chi connectivity index (χ3v) is 9.88. The van der Waals surface area contributed by atoms with Crippen molar-refractivity contribution in [3.05, 3.63) is 109 Å². The zero-order valence-electron chi connectivity index (χ0n) is 40.0. The standard InChI is InChI=1S/C48H56N6O18/c1-8-39(55)64-21-24-67-42(58)49-33-15-12-18-36(30(33)5)52-45(61)70-27-48(11-4,28-71-46(62)53-37-19-13-16-34(31(37)6)50-43(59)68-25-22-65-40(56)9-2)29-72-47(63)54-38-20-14-17-35(32(38)7)51-44(60)69-26-23-66-41(57)10-3/h8-10,12-20H,1-3,11,21-29H2,4-7H3,(H,49,58)(H,50,59)(H,51,60)(H,52,61)(H,53,62)(H,54,63). The number of benzene rings is 3. The fraction of sp³-hybridized carbons (Fsp3) is 0.312. The highest BCUT2D eigenvalue weighted by Crippen LogP contribution is 2.29. The van der Waals surface area contributed by atoms with E-state index >= 15 is 0 Å². The van der Waals surface area contributed by atoms with Crippen LogP contribution in [0.25, 0.3) is 0 Å². The molecule has 386 valence electrons. The highest BCUT2D eigenvalue weighted by Gasteiger charge is 2.35. The molecule has 0 spiro atoms. The van der Waals surface area contributed by atoms with Gasteiger partial charge in [-0.15, -0.1) is 0 Å². The number of amides is 6. The number of hydrogen-bond donors (Lipinski definition) is 6. The van der Waals surface area contributed by atoms with Gasteiger partial charge in [-0.2, -0.15) is 0 Å². The van der Waals surface area contributed by atoms with E-state index in [1.807, 2.05) is 0 Å². The van der Waals surface area contributed by atoms with Crippen LogP contribution in [0.3, 0.4) is 0 Å². The van der Waals surface area contributed by atoms with E-state index in [0.717, 1.165) is 18.2 Å². The van der Waals surface area contributed by atoms with Crippen molar-refractivity contribution >= 4 is 88.6 Å². The van der Waals surface area contributed by atoms with E-state index in [0.29, 0.717) is 16.7 Å². The fourth-order valence-electron chi connectivity index (χ4n) is 5.69. The summed E-state index contributed by atoms with van der Waals surface area (Å²) >= 11 is 0. The van der Waals surface area contributed by atoms with Crippen molar-refractivity contribution in [1.82, 2.24) is 0 Å². The van der Waals surface area contributed by atoms with E-state index in [9.17, 15) is 43.2 Å². The number of esters is 3. The third kappa shape index (κ3) is 19.9. The summed E-state index contributed by atoms with van der Waals surface area (Å²) in [6, 6.07) is 13.9. The highest BCUT2D eigenvalue weighted by atomic mass is 16.6. The Balaban J connectivity index is 1.74. The van der Waals surface area contributed by atoms with Gasteiger partial charge in [-0.1, -0.05) is 44.9 Å². The molecular weight excluding hydrogens is 949 g/mol. The lowest BCUT2D eigenvalue weighted by Gasteiger charge is -2.31. The molecule has 0 saturated heterocycles. The van der Waals surface area contributed by atoms with Crippen LogP contribution in [-0.4, -0.2) is 114 Å². The highest BCUT2D eigenvalue weighted by molar-refractivity contribution is 5.93. The summed E-state index contributed by atoms with van der Waals surface area (Å²) in [5.74, 6) is -2.05. The molecule has 6 amide bonds. The van der Waals surface area contributed by atoms with Gasteiger partial charge in [-0.25, -0.2) is 43.2 Å². The van der Waals surface area contributed by atoms with Crippen molar-refractivity contribution in [3.8, 4) is 0 Å². The summed E-state index contributed by atoms with van der Waals surface area (Å²) in [4.78, 5) is 111.